The van der Waals surface area contributed by atoms with E-state index in [0.717, 1.165) is 40.1 Å². The van der Waals surface area contributed by atoms with Gasteiger partial charge >= 0.3 is 0 Å². The largest absolute Gasteiger partial charge is 0.485 e. The number of rotatable bonds is 8. The second-order valence-corrected chi connectivity index (χ2v) is 7.44. The smallest absolute Gasteiger partial charge is 0.163 e. The fourth-order valence-corrected chi connectivity index (χ4v) is 3.36. The highest BCUT2D eigenvalue weighted by Crippen LogP contribution is 2.35. The molecule has 0 aliphatic rings. The number of benzene rings is 3. The van der Waals surface area contributed by atoms with E-state index in [4.69, 9.17) is 9.47 Å². The predicted molar refractivity (Wildman–Crippen MR) is 117 cm³/mol. The molecule has 0 aliphatic carbocycles. The zero-order valence-electron chi connectivity index (χ0n) is 16.9. The monoisotopic (exact) mass is 386 g/mol. The molecule has 0 atom stereocenters. The summed E-state index contributed by atoms with van der Waals surface area (Å²) < 4.78 is 12.4. The Morgan fingerprint density at radius 3 is 1.86 bits per heavy atom. The number of nitrogens with one attached hydrogen (secondary N) is 1. The Balaban J connectivity index is 1.63. The van der Waals surface area contributed by atoms with Crippen LogP contribution in [0, 0.1) is 0 Å². The van der Waals surface area contributed by atoms with Crippen LogP contribution in [0.25, 0.3) is 10.9 Å². The Morgan fingerprint density at radius 1 is 0.759 bits per heavy atom. The predicted octanol–water partition coefficient (Wildman–Crippen LogP) is 5.39. The maximum atomic E-state index is 6.20. The highest BCUT2D eigenvalue weighted by atomic mass is 16.5. The highest BCUT2D eigenvalue weighted by Gasteiger charge is 2.13. The van der Waals surface area contributed by atoms with Crippen molar-refractivity contribution >= 4 is 10.9 Å². The van der Waals surface area contributed by atoms with Gasteiger partial charge in [0.25, 0.3) is 0 Å². The number of hydrogen-bond donors (Lipinski definition) is 1. The molecule has 1 aromatic heterocycles. The quantitative estimate of drug-likeness (QED) is 0.441. The first kappa shape index (κ1) is 19.1. The zero-order valence-corrected chi connectivity index (χ0v) is 16.9. The molecular weight excluding hydrogens is 360 g/mol. The SMILES string of the molecule is CN(C)Cc1c[nH]c2cc(OCc3ccccc3)c(OCc3ccccc3)cc12. The highest BCUT2D eigenvalue weighted by molar-refractivity contribution is 5.86. The van der Waals surface area contributed by atoms with Crippen LogP contribution in [-0.2, 0) is 19.8 Å². The van der Waals surface area contributed by atoms with Crippen molar-refractivity contribution in [3.05, 3.63) is 95.7 Å². The van der Waals surface area contributed by atoms with Crippen molar-refractivity contribution in [1.82, 2.24) is 9.88 Å². The third-order valence-corrected chi connectivity index (χ3v) is 4.79. The number of fused-ring (bicyclic) bond motifs is 1. The Bertz CT molecular complexity index is 1060. The van der Waals surface area contributed by atoms with E-state index in [0.29, 0.717) is 13.2 Å². The summed E-state index contributed by atoms with van der Waals surface area (Å²) in [4.78, 5) is 5.53. The van der Waals surface area contributed by atoms with E-state index in [-0.39, 0.29) is 0 Å². The van der Waals surface area contributed by atoms with E-state index in [1.807, 2.05) is 42.5 Å². The second-order valence-electron chi connectivity index (χ2n) is 7.44. The maximum Gasteiger partial charge on any atom is 0.163 e. The van der Waals surface area contributed by atoms with Gasteiger partial charge in [-0.2, -0.15) is 0 Å². The number of hydrogen-bond acceptors (Lipinski definition) is 3. The van der Waals surface area contributed by atoms with Crippen LogP contribution in [0.3, 0.4) is 0 Å². The minimum absolute atomic E-state index is 0.499. The van der Waals surface area contributed by atoms with Crippen molar-refractivity contribution in [2.45, 2.75) is 19.8 Å². The lowest BCUT2D eigenvalue weighted by Crippen LogP contribution is -2.10. The van der Waals surface area contributed by atoms with Crippen molar-refractivity contribution in [2.75, 3.05) is 14.1 Å². The molecule has 29 heavy (non-hydrogen) atoms. The molecule has 0 aliphatic heterocycles. The third-order valence-electron chi connectivity index (χ3n) is 4.79. The lowest BCUT2D eigenvalue weighted by Gasteiger charge is -2.14. The van der Waals surface area contributed by atoms with Gasteiger partial charge in [0.1, 0.15) is 13.2 Å². The van der Waals surface area contributed by atoms with E-state index < -0.39 is 0 Å². The van der Waals surface area contributed by atoms with Crippen molar-refractivity contribution < 1.29 is 9.47 Å². The molecule has 3 aromatic carbocycles. The van der Waals surface area contributed by atoms with Crippen LogP contribution in [0.2, 0.25) is 0 Å². The third kappa shape index (κ3) is 4.79. The molecule has 0 spiro atoms. The summed E-state index contributed by atoms with van der Waals surface area (Å²) >= 11 is 0. The van der Waals surface area contributed by atoms with Crippen molar-refractivity contribution in [3.63, 3.8) is 0 Å². The molecule has 0 saturated carbocycles. The average Bonchev–Trinajstić information content (AvgIpc) is 3.12. The topological polar surface area (TPSA) is 37.5 Å². The minimum atomic E-state index is 0.499. The van der Waals surface area contributed by atoms with Crippen LogP contribution in [0.4, 0.5) is 0 Å². The fourth-order valence-electron chi connectivity index (χ4n) is 3.36. The fraction of sp³-hybridized carbons (Fsp3) is 0.200. The molecule has 0 bridgehead atoms. The lowest BCUT2D eigenvalue weighted by molar-refractivity contribution is 0.256. The van der Waals surface area contributed by atoms with Crippen molar-refractivity contribution in [2.24, 2.45) is 0 Å². The Kier molecular flexibility index (Phi) is 5.82. The molecule has 4 rings (SSSR count). The van der Waals surface area contributed by atoms with Gasteiger partial charge in [-0.1, -0.05) is 60.7 Å². The van der Waals surface area contributed by atoms with E-state index in [9.17, 15) is 0 Å². The molecule has 148 valence electrons. The molecule has 0 amide bonds. The standard InChI is InChI=1S/C25H26N2O2/c1-27(2)16-21-15-26-23-14-25(29-18-20-11-7-4-8-12-20)24(13-22(21)23)28-17-19-9-5-3-6-10-19/h3-15,26H,16-18H2,1-2H3. The van der Waals surface area contributed by atoms with Gasteiger partial charge in [0.15, 0.2) is 11.5 Å². The summed E-state index contributed by atoms with van der Waals surface area (Å²) in [6, 6.07) is 24.5. The van der Waals surface area contributed by atoms with E-state index >= 15 is 0 Å². The number of H-pyrrole nitrogens is 1. The van der Waals surface area contributed by atoms with Crippen LogP contribution < -0.4 is 9.47 Å². The Hall–Kier alpha value is -3.24. The first-order valence-corrected chi connectivity index (χ1v) is 9.81. The molecule has 4 aromatic rings. The van der Waals surface area contributed by atoms with Gasteiger partial charge in [0, 0.05) is 29.7 Å². The molecular formula is C25H26N2O2. The first-order chi connectivity index (χ1) is 14.2. The molecule has 4 nitrogen and oxygen atoms in total. The van der Waals surface area contributed by atoms with E-state index in [1.54, 1.807) is 0 Å². The average molecular weight is 386 g/mol. The summed E-state index contributed by atoms with van der Waals surface area (Å²) in [6.45, 7) is 1.86. The summed E-state index contributed by atoms with van der Waals surface area (Å²) in [7, 11) is 4.14. The molecule has 1 N–H and O–H groups in total. The molecule has 0 radical (unpaired) electrons. The van der Waals surface area contributed by atoms with Gasteiger partial charge < -0.3 is 19.4 Å². The summed E-state index contributed by atoms with van der Waals surface area (Å²) in [5.74, 6) is 1.51. The number of aromatic nitrogens is 1. The van der Waals surface area contributed by atoms with Crippen molar-refractivity contribution in [1.29, 1.82) is 0 Å². The molecule has 0 fully saturated rings. The van der Waals surface area contributed by atoms with Gasteiger partial charge in [-0.25, -0.2) is 0 Å². The zero-order chi connectivity index (χ0) is 20.1. The molecule has 0 saturated heterocycles. The summed E-state index contributed by atoms with van der Waals surface area (Å²) in [6.07, 6.45) is 2.06. The normalized spacial score (nSPS) is 11.1. The van der Waals surface area contributed by atoms with Crippen LogP contribution in [0.1, 0.15) is 16.7 Å². The number of nitrogens with zero attached hydrogens (tertiary/aromatic N) is 1. The Labute approximate surface area is 171 Å². The van der Waals surface area contributed by atoms with Gasteiger partial charge in [-0.15, -0.1) is 0 Å². The van der Waals surface area contributed by atoms with Gasteiger partial charge in [-0.3, -0.25) is 0 Å². The summed E-state index contributed by atoms with van der Waals surface area (Å²) in [5, 5.41) is 1.16. The second kappa shape index (κ2) is 8.84. The van der Waals surface area contributed by atoms with Crippen LogP contribution in [-0.4, -0.2) is 24.0 Å². The number of aromatic amines is 1. The number of ether oxygens (including phenoxy) is 2. The first-order valence-electron chi connectivity index (χ1n) is 9.81. The van der Waals surface area contributed by atoms with E-state index in [1.165, 1.54) is 5.56 Å². The van der Waals surface area contributed by atoms with Crippen molar-refractivity contribution in [3.8, 4) is 11.5 Å². The molecule has 1 heterocycles. The van der Waals surface area contributed by atoms with E-state index in [2.05, 4.69) is 60.5 Å². The van der Waals surface area contributed by atoms with Gasteiger partial charge in [-0.05, 0) is 36.9 Å². The lowest BCUT2D eigenvalue weighted by atomic mass is 10.1. The Morgan fingerprint density at radius 2 is 1.31 bits per heavy atom. The summed E-state index contributed by atoms with van der Waals surface area (Å²) in [5.41, 5.74) is 4.55. The van der Waals surface area contributed by atoms with Gasteiger partial charge in [0.2, 0.25) is 0 Å². The van der Waals surface area contributed by atoms with Crippen LogP contribution in [0.15, 0.2) is 79.0 Å². The maximum absolute atomic E-state index is 6.20. The van der Waals surface area contributed by atoms with Crippen LogP contribution in [0.5, 0.6) is 11.5 Å². The van der Waals surface area contributed by atoms with Gasteiger partial charge in [0.05, 0.1) is 0 Å². The molecule has 0 unspecified atom stereocenters. The van der Waals surface area contributed by atoms with Crippen LogP contribution >= 0.6 is 0 Å². The molecule has 4 heteroatoms. The minimum Gasteiger partial charge on any atom is -0.485 e.